The lowest BCUT2D eigenvalue weighted by Gasteiger charge is -2.41. The van der Waals surface area contributed by atoms with Crippen LogP contribution >= 0.6 is 0 Å². The van der Waals surface area contributed by atoms with Crippen molar-refractivity contribution < 1.29 is 4.74 Å². The molecule has 0 unspecified atom stereocenters. The van der Waals surface area contributed by atoms with Gasteiger partial charge in [-0.1, -0.05) is 91.0 Å². The molecule has 0 saturated carbocycles. The van der Waals surface area contributed by atoms with E-state index in [9.17, 15) is 0 Å². The minimum absolute atomic E-state index is 0.304. The molecule has 0 saturated heterocycles. The lowest BCUT2D eigenvalue weighted by atomic mass is 9.79. The summed E-state index contributed by atoms with van der Waals surface area (Å²) in [4.78, 5) is 0. The van der Waals surface area contributed by atoms with Gasteiger partial charge in [-0.3, -0.25) is 0 Å². The van der Waals surface area contributed by atoms with Gasteiger partial charge in [-0.2, -0.15) is 0 Å². The summed E-state index contributed by atoms with van der Waals surface area (Å²) in [5.41, 5.74) is 2.47. The van der Waals surface area contributed by atoms with Crippen molar-refractivity contribution in [3.8, 4) is 0 Å². The van der Waals surface area contributed by atoms with E-state index in [4.69, 9.17) is 4.74 Å². The van der Waals surface area contributed by atoms with Crippen LogP contribution in [0.4, 0.5) is 0 Å². The second-order valence-corrected chi connectivity index (χ2v) is 6.99. The average Bonchev–Trinajstić information content (AvgIpc) is 2.61. The van der Waals surface area contributed by atoms with Gasteiger partial charge in [0.05, 0.1) is 5.60 Å². The molecule has 0 aliphatic rings. The Kier molecular flexibility index (Phi) is 4.55. The molecule has 0 aromatic heterocycles. The highest BCUT2D eigenvalue weighted by Gasteiger charge is 2.40. The number of rotatable bonds is 4. The molecule has 0 heterocycles. The van der Waals surface area contributed by atoms with E-state index in [1.165, 1.54) is 0 Å². The second kappa shape index (κ2) is 6.62. The third-order valence-corrected chi connectivity index (χ3v) is 4.00. The molecule has 122 valence electrons. The predicted molar refractivity (Wildman–Crippen MR) is 100 cm³/mol. The molecule has 3 aromatic carbocycles. The van der Waals surface area contributed by atoms with Crippen LogP contribution < -0.4 is 0 Å². The molecule has 1 heteroatoms. The number of benzene rings is 3. The molecular formula is C23H24O. The van der Waals surface area contributed by atoms with Gasteiger partial charge < -0.3 is 4.74 Å². The minimum atomic E-state index is -0.637. The van der Waals surface area contributed by atoms with E-state index >= 15 is 0 Å². The fourth-order valence-corrected chi connectivity index (χ4v) is 3.15. The molecule has 0 amide bonds. The zero-order chi connectivity index (χ0) is 17.0. The zero-order valence-electron chi connectivity index (χ0n) is 14.6. The molecule has 1 nitrogen and oxygen atoms in total. The third-order valence-electron chi connectivity index (χ3n) is 4.00. The molecule has 0 N–H and O–H groups in total. The summed E-state index contributed by atoms with van der Waals surface area (Å²) >= 11 is 0. The van der Waals surface area contributed by atoms with Crippen molar-refractivity contribution in [3.05, 3.63) is 108 Å². The van der Waals surface area contributed by atoms with Crippen molar-refractivity contribution in [2.45, 2.75) is 32.0 Å². The Bertz CT molecular complexity index is 659. The van der Waals surface area contributed by atoms with Gasteiger partial charge in [0.1, 0.15) is 5.60 Å². The molecule has 3 aromatic rings. The molecule has 0 spiro atoms. The fraction of sp³-hybridized carbons (Fsp3) is 0.217. The highest BCUT2D eigenvalue weighted by Crippen LogP contribution is 2.43. The van der Waals surface area contributed by atoms with E-state index in [2.05, 4.69) is 93.6 Å². The normalized spacial score (nSPS) is 12.1. The Morgan fingerprint density at radius 3 is 1.04 bits per heavy atom. The van der Waals surface area contributed by atoms with Crippen LogP contribution in [0.3, 0.4) is 0 Å². The van der Waals surface area contributed by atoms with Crippen LogP contribution in [0, 0.1) is 0 Å². The average molecular weight is 316 g/mol. The van der Waals surface area contributed by atoms with Crippen molar-refractivity contribution >= 4 is 0 Å². The van der Waals surface area contributed by atoms with E-state index in [1.807, 2.05) is 18.2 Å². The fourth-order valence-electron chi connectivity index (χ4n) is 3.15. The minimum Gasteiger partial charge on any atom is -0.355 e. The Morgan fingerprint density at radius 2 is 0.792 bits per heavy atom. The lowest BCUT2D eigenvalue weighted by molar-refractivity contribution is -0.0917. The summed E-state index contributed by atoms with van der Waals surface area (Å²) in [6.45, 7) is 6.32. The SMILES string of the molecule is CC(C)(C)OC(c1ccccc1)(c1ccccc1)c1ccccc1. The van der Waals surface area contributed by atoms with E-state index in [0.717, 1.165) is 16.7 Å². The largest absolute Gasteiger partial charge is 0.355 e. The standard InChI is InChI=1S/C23H24O/c1-22(2,3)24-23(19-13-7-4-8-14-19,20-15-9-5-10-16-20)21-17-11-6-12-18-21/h4-18H,1-3H3. The van der Waals surface area contributed by atoms with Gasteiger partial charge in [0.25, 0.3) is 0 Å². The summed E-state index contributed by atoms with van der Waals surface area (Å²) < 4.78 is 6.78. The van der Waals surface area contributed by atoms with Gasteiger partial charge in [-0.05, 0) is 37.5 Å². The monoisotopic (exact) mass is 316 g/mol. The van der Waals surface area contributed by atoms with Gasteiger partial charge in [-0.25, -0.2) is 0 Å². The van der Waals surface area contributed by atoms with Crippen LogP contribution in [0.2, 0.25) is 0 Å². The van der Waals surface area contributed by atoms with Crippen LogP contribution in [0.5, 0.6) is 0 Å². The number of ether oxygens (including phenoxy) is 1. The summed E-state index contributed by atoms with van der Waals surface area (Å²) in [6.07, 6.45) is 0. The first-order chi connectivity index (χ1) is 11.5. The van der Waals surface area contributed by atoms with Gasteiger partial charge in [0.15, 0.2) is 0 Å². The highest BCUT2D eigenvalue weighted by molar-refractivity contribution is 5.47. The van der Waals surface area contributed by atoms with Gasteiger partial charge in [-0.15, -0.1) is 0 Å². The van der Waals surface area contributed by atoms with E-state index in [1.54, 1.807) is 0 Å². The third kappa shape index (κ3) is 3.27. The topological polar surface area (TPSA) is 9.23 Å². The maximum Gasteiger partial charge on any atom is 0.144 e. The molecule has 0 aliphatic carbocycles. The first kappa shape index (κ1) is 16.5. The van der Waals surface area contributed by atoms with E-state index < -0.39 is 5.60 Å². The molecule has 0 atom stereocenters. The first-order valence-corrected chi connectivity index (χ1v) is 8.39. The summed E-state index contributed by atoms with van der Waals surface area (Å²) in [5, 5.41) is 0. The molecule has 24 heavy (non-hydrogen) atoms. The van der Waals surface area contributed by atoms with Crippen LogP contribution in [-0.2, 0) is 10.3 Å². The van der Waals surface area contributed by atoms with Gasteiger partial charge >= 0.3 is 0 Å². The first-order valence-electron chi connectivity index (χ1n) is 8.39. The van der Waals surface area contributed by atoms with Gasteiger partial charge in [0, 0.05) is 0 Å². The lowest BCUT2D eigenvalue weighted by Crippen LogP contribution is -2.39. The summed E-state index contributed by atoms with van der Waals surface area (Å²) in [7, 11) is 0. The number of hydrogen-bond acceptors (Lipinski definition) is 1. The number of hydrogen-bond donors (Lipinski definition) is 0. The van der Waals surface area contributed by atoms with Crippen molar-refractivity contribution in [2.24, 2.45) is 0 Å². The maximum atomic E-state index is 6.78. The molecular weight excluding hydrogens is 292 g/mol. The van der Waals surface area contributed by atoms with E-state index in [0.29, 0.717) is 0 Å². The second-order valence-electron chi connectivity index (χ2n) is 6.99. The quantitative estimate of drug-likeness (QED) is 0.553. The van der Waals surface area contributed by atoms with Crippen LogP contribution in [0.1, 0.15) is 37.5 Å². The Hall–Kier alpha value is -2.38. The molecule has 0 fully saturated rings. The highest BCUT2D eigenvalue weighted by atomic mass is 16.5. The van der Waals surface area contributed by atoms with Crippen molar-refractivity contribution in [2.75, 3.05) is 0 Å². The van der Waals surface area contributed by atoms with Crippen molar-refractivity contribution in [1.29, 1.82) is 0 Å². The molecule has 0 bridgehead atoms. The molecule has 0 radical (unpaired) electrons. The molecule has 0 aliphatic heterocycles. The Morgan fingerprint density at radius 1 is 0.500 bits per heavy atom. The van der Waals surface area contributed by atoms with Gasteiger partial charge in [0.2, 0.25) is 0 Å². The zero-order valence-corrected chi connectivity index (χ0v) is 14.6. The Labute approximate surface area is 144 Å². The van der Waals surface area contributed by atoms with Crippen LogP contribution in [-0.4, -0.2) is 5.60 Å². The van der Waals surface area contributed by atoms with Crippen LogP contribution in [0.15, 0.2) is 91.0 Å². The summed E-state index contributed by atoms with van der Waals surface area (Å²) in [6, 6.07) is 31.4. The predicted octanol–water partition coefficient (Wildman–Crippen LogP) is 5.79. The summed E-state index contributed by atoms with van der Waals surface area (Å²) in [5.74, 6) is 0. The Balaban J connectivity index is 2.33. The van der Waals surface area contributed by atoms with Crippen LogP contribution in [0.25, 0.3) is 0 Å². The maximum absolute atomic E-state index is 6.78. The van der Waals surface area contributed by atoms with E-state index in [-0.39, 0.29) is 5.60 Å². The van der Waals surface area contributed by atoms with Crippen molar-refractivity contribution in [3.63, 3.8) is 0 Å². The molecule has 3 rings (SSSR count). The smallest absolute Gasteiger partial charge is 0.144 e. The van der Waals surface area contributed by atoms with Crippen molar-refractivity contribution in [1.82, 2.24) is 0 Å².